The van der Waals surface area contributed by atoms with Crippen LogP contribution in [-0.4, -0.2) is 64.5 Å². The van der Waals surface area contributed by atoms with E-state index in [1.165, 1.54) is 0 Å². The molecule has 0 atom stereocenters. The van der Waals surface area contributed by atoms with Gasteiger partial charge in [-0.05, 0) is 20.8 Å². The van der Waals surface area contributed by atoms with Crippen molar-refractivity contribution < 1.29 is 9.53 Å². The summed E-state index contributed by atoms with van der Waals surface area (Å²) in [6.07, 6.45) is -0.229. The summed E-state index contributed by atoms with van der Waals surface area (Å²) in [5.41, 5.74) is -0.390. The van der Waals surface area contributed by atoms with Crippen molar-refractivity contribution in [3.05, 3.63) is 0 Å². The summed E-state index contributed by atoms with van der Waals surface area (Å²) in [5.74, 6) is 0. The number of ether oxygens (including phenoxy) is 1. The first-order chi connectivity index (χ1) is 5.38. The van der Waals surface area contributed by atoms with Crippen LogP contribution >= 0.6 is 12.6 Å². The van der Waals surface area contributed by atoms with Crippen LogP contribution in [0.2, 0.25) is 0 Å². The summed E-state index contributed by atoms with van der Waals surface area (Å²) in [7, 11) is 0. The van der Waals surface area contributed by atoms with Crippen LogP contribution < -0.4 is 0 Å². The molecule has 1 aliphatic rings. The van der Waals surface area contributed by atoms with E-state index in [0.29, 0.717) is 18.3 Å². The molecule has 3 nitrogen and oxygen atoms in total. The third-order valence-corrected chi connectivity index (χ3v) is 1.84. The summed E-state index contributed by atoms with van der Waals surface area (Å²) in [6, 6.07) is 0. The summed E-state index contributed by atoms with van der Waals surface area (Å²) in [5, 5.41) is 0.331. The van der Waals surface area contributed by atoms with Crippen molar-refractivity contribution in [3.8, 4) is 0 Å². The molecule has 0 aliphatic carbocycles. The van der Waals surface area contributed by atoms with Crippen molar-refractivity contribution in [3.63, 3.8) is 0 Å². The third kappa shape index (κ3) is 4.58. The molecule has 0 unspecified atom stereocenters. The molecule has 1 aliphatic heterocycles. The summed E-state index contributed by atoms with van der Waals surface area (Å²) >= 11 is 4.20. The second-order valence-electron chi connectivity index (χ2n) is 4.04. The third-order valence-electron chi connectivity index (χ3n) is 1.51. The number of thiol groups is 1. The molecule has 0 spiro atoms. The number of carbonyl (C=O) groups excluding carboxylic acids is 1. The van der Waals surface area contributed by atoms with E-state index < -0.39 is 5.60 Å². The molecule has 0 radical (unpaired) electrons. The standard InChI is InChI=1S/C8H15NO2S.Na.H/c1-8(2,3)11-7(10)9-4-6(12)5-9;;/h6,12H,4-5H2,1-3H3;;. The van der Waals surface area contributed by atoms with Gasteiger partial charge in [0, 0.05) is 18.3 Å². The molecule has 13 heavy (non-hydrogen) atoms. The van der Waals surface area contributed by atoms with E-state index in [4.69, 9.17) is 4.74 Å². The molecule has 0 aromatic carbocycles. The molecule has 5 heteroatoms. The zero-order valence-corrected chi connectivity index (χ0v) is 8.60. The molecule has 0 aromatic rings. The molecule has 0 aromatic heterocycles. The first-order valence-corrected chi connectivity index (χ1v) is 4.56. The number of carbonyl (C=O) groups is 1. The van der Waals surface area contributed by atoms with Gasteiger partial charge in [-0.15, -0.1) is 0 Å². The topological polar surface area (TPSA) is 29.5 Å². The maximum atomic E-state index is 11.3. The molecule has 0 saturated carbocycles. The Hall–Kier alpha value is 0.620. The number of rotatable bonds is 0. The number of hydrogen-bond donors (Lipinski definition) is 1. The molecular weight excluding hydrogens is 197 g/mol. The molecule has 0 N–H and O–H groups in total. The predicted octanol–water partition coefficient (Wildman–Crippen LogP) is 0.887. The molecule has 0 bridgehead atoms. The molecular formula is C8H16NNaO2S. The van der Waals surface area contributed by atoms with Crippen LogP contribution in [-0.2, 0) is 4.74 Å². The fraction of sp³-hybridized carbons (Fsp3) is 0.875. The van der Waals surface area contributed by atoms with Crippen molar-refractivity contribution in [1.29, 1.82) is 0 Å². The van der Waals surface area contributed by atoms with Gasteiger partial charge in [0.1, 0.15) is 5.60 Å². The van der Waals surface area contributed by atoms with E-state index in [1.807, 2.05) is 20.8 Å². The Morgan fingerprint density at radius 1 is 1.46 bits per heavy atom. The quantitative estimate of drug-likeness (QED) is 0.478. The Morgan fingerprint density at radius 2 is 1.92 bits per heavy atom. The van der Waals surface area contributed by atoms with Gasteiger partial charge in [0.05, 0.1) is 0 Å². The van der Waals surface area contributed by atoms with Gasteiger partial charge in [0.15, 0.2) is 0 Å². The summed E-state index contributed by atoms with van der Waals surface area (Å²) in [4.78, 5) is 12.9. The van der Waals surface area contributed by atoms with Gasteiger partial charge < -0.3 is 9.64 Å². The molecule has 1 heterocycles. The zero-order valence-electron chi connectivity index (χ0n) is 7.70. The minimum atomic E-state index is -0.390. The van der Waals surface area contributed by atoms with Crippen LogP contribution in [0.25, 0.3) is 0 Å². The van der Waals surface area contributed by atoms with Gasteiger partial charge in [0.25, 0.3) is 0 Å². The average Bonchev–Trinajstić information content (AvgIpc) is 1.76. The van der Waals surface area contributed by atoms with Gasteiger partial charge >= 0.3 is 35.7 Å². The van der Waals surface area contributed by atoms with Gasteiger partial charge in [-0.2, -0.15) is 12.6 Å². The molecule has 1 amide bonds. The van der Waals surface area contributed by atoms with Crippen molar-refractivity contribution >= 4 is 48.3 Å². The fourth-order valence-corrected chi connectivity index (χ4v) is 1.33. The van der Waals surface area contributed by atoms with E-state index in [-0.39, 0.29) is 35.7 Å². The molecule has 1 fully saturated rings. The second-order valence-corrected chi connectivity index (χ2v) is 4.77. The monoisotopic (exact) mass is 213 g/mol. The fourth-order valence-electron chi connectivity index (χ4n) is 0.931. The number of amides is 1. The van der Waals surface area contributed by atoms with Gasteiger partial charge in [-0.3, -0.25) is 0 Å². The van der Waals surface area contributed by atoms with Crippen LogP contribution in [0.3, 0.4) is 0 Å². The molecule has 1 saturated heterocycles. The van der Waals surface area contributed by atoms with E-state index in [1.54, 1.807) is 4.90 Å². The van der Waals surface area contributed by atoms with Crippen LogP contribution in [0, 0.1) is 0 Å². The number of likely N-dealkylation sites (tertiary alicyclic amines) is 1. The van der Waals surface area contributed by atoms with Crippen LogP contribution in [0.1, 0.15) is 20.8 Å². The van der Waals surface area contributed by atoms with Crippen LogP contribution in [0.15, 0.2) is 0 Å². The predicted molar refractivity (Wildman–Crippen MR) is 57.7 cm³/mol. The minimum absolute atomic E-state index is 0. The maximum absolute atomic E-state index is 11.3. The first kappa shape index (κ1) is 13.6. The first-order valence-electron chi connectivity index (χ1n) is 4.04. The van der Waals surface area contributed by atoms with Crippen molar-refractivity contribution in [1.82, 2.24) is 4.90 Å². The SMILES string of the molecule is CC(C)(C)OC(=O)N1CC(S)C1.[NaH]. The van der Waals surface area contributed by atoms with Crippen LogP contribution in [0.4, 0.5) is 4.79 Å². The van der Waals surface area contributed by atoms with Crippen molar-refractivity contribution in [2.75, 3.05) is 13.1 Å². The molecule has 72 valence electrons. The Balaban J connectivity index is 0.00000144. The van der Waals surface area contributed by atoms with E-state index in [9.17, 15) is 4.79 Å². The Morgan fingerprint density at radius 3 is 2.23 bits per heavy atom. The van der Waals surface area contributed by atoms with Crippen molar-refractivity contribution in [2.45, 2.75) is 31.6 Å². The number of nitrogens with zero attached hydrogens (tertiary/aromatic N) is 1. The summed E-state index contributed by atoms with van der Waals surface area (Å²) < 4.78 is 5.14. The molecule has 1 rings (SSSR count). The van der Waals surface area contributed by atoms with Crippen LogP contribution in [0.5, 0.6) is 0 Å². The average molecular weight is 213 g/mol. The second kappa shape index (κ2) is 4.91. The van der Waals surface area contributed by atoms with Gasteiger partial charge in [-0.1, -0.05) is 0 Å². The summed E-state index contributed by atoms with van der Waals surface area (Å²) in [6.45, 7) is 7.00. The van der Waals surface area contributed by atoms with E-state index in [2.05, 4.69) is 12.6 Å². The zero-order chi connectivity index (χ0) is 9.35. The normalized spacial score (nSPS) is 17.4. The van der Waals surface area contributed by atoms with E-state index in [0.717, 1.165) is 0 Å². The Kier molecular flexibility index (Phi) is 5.15. The Bertz CT molecular complexity index is 187. The van der Waals surface area contributed by atoms with Gasteiger partial charge in [-0.25, -0.2) is 4.79 Å². The number of hydrogen-bond acceptors (Lipinski definition) is 3. The van der Waals surface area contributed by atoms with Crippen molar-refractivity contribution in [2.24, 2.45) is 0 Å². The van der Waals surface area contributed by atoms with Gasteiger partial charge in [0.2, 0.25) is 0 Å². The Labute approximate surface area is 107 Å². The van der Waals surface area contributed by atoms with E-state index >= 15 is 0 Å².